The van der Waals surface area contributed by atoms with E-state index in [1.54, 1.807) is 12.1 Å². The lowest BCUT2D eigenvalue weighted by atomic mass is 9.79. The maximum absolute atomic E-state index is 13.3. The highest BCUT2D eigenvalue weighted by molar-refractivity contribution is 6.35. The molecule has 1 saturated heterocycles. The van der Waals surface area contributed by atoms with Gasteiger partial charge in [-0.15, -0.1) is 0 Å². The van der Waals surface area contributed by atoms with Crippen LogP contribution in [0.25, 0.3) is 0 Å². The van der Waals surface area contributed by atoms with Crippen LogP contribution in [-0.2, 0) is 5.41 Å². The molecule has 4 atom stereocenters. The number of rotatable bonds is 4. The van der Waals surface area contributed by atoms with Crippen molar-refractivity contribution in [2.75, 3.05) is 19.6 Å². The number of fused-ring (bicyclic) bond motifs is 1. The Hall–Kier alpha value is -1.09. The van der Waals surface area contributed by atoms with Gasteiger partial charge in [0.05, 0.1) is 0 Å². The molecular formula is C23H26Cl2FN. The molecule has 1 saturated carbocycles. The van der Waals surface area contributed by atoms with Gasteiger partial charge in [-0.2, -0.15) is 0 Å². The molecule has 0 bridgehead atoms. The third-order valence-electron chi connectivity index (χ3n) is 6.64. The van der Waals surface area contributed by atoms with Crippen molar-refractivity contribution in [2.45, 2.75) is 38.0 Å². The lowest BCUT2D eigenvalue weighted by molar-refractivity contribution is 0.278. The zero-order chi connectivity index (χ0) is 19.2. The van der Waals surface area contributed by atoms with Gasteiger partial charge < -0.3 is 4.90 Å². The minimum Gasteiger partial charge on any atom is -0.302 e. The first-order valence-corrected chi connectivity index (χ1v) is 10.5. The van der Waals surface area contributed by atoms with E-state index in [4.69, 9.17) is 23.2 Å². The summed E-state index contributed by atoms with van der Waals surface area (Å²) < 4.78 is 13.3. The average Bonchev–Trinajstić information content (AvgIpc) is 3.10. The van der Waals surface area contributed by atoms with Crippen LogP contribution in [0.15, 0.2) is 42.5 Å². The molecule has 1 nitrogen and oxygen atoms in total. The first kappa shape index (κ1) is 19.2. The Morgan fingerprint density at radius 3 is 2.30 bits per heavy atom. The Morgan fingerprint density at radius 1 is 1.07 bits per heavy atom. The number of hydrogen-bond donors (Lipinski definition) is 0. The molecule has 2 aromatic rings. The maximum atomic E-state index is 13.3. The predicted octanol–water partition coefficient (Wildman–Crippen LogP) is 6.54. The molecule has 2 fully saturated rings. The van der Waals surface area contributed by atoms with Gasteiger partial charge in [0, 0.05) is 29.7 Å². The van der Waals surface area contributed by atoms with Crippen LogP contribution in [0.4, 0.5) is 4.39 Å². The monoisotopic (exact) mass is 405 g/mol. The van der Waals surface area contributed by atoms with Gasteiger partial charge in [0.2, 0.25) is 0 Å². The molecule has 144 valence electrons. The Labute approximate surface area is 171 Å². The standard InChI is InChI=1S/C23H26Cl2FN/c1-15(21-8-5-19(24)9-22(21)25)12-27-13-16-10-23(2,11-17(16)14-27)18-3-6-20(26)7-4-18/h3-9,15-17H,10-14H2,1-2H3/t15?,16-,17+,23?. The van der Waals surface area contributed by atoms with Gasteiger partial charge in [-0.1, -0.05) is 55.2 Å². The van der Waals surface area contributed by atoms with E-state index >= 15 is 0 Å². The van der Waals surface area contributed by atoms with Crippen molar-refractivity contribution in [1.29, 1.82) is 0 Å². The van der Waals surface area contributed by atoms with E-state index in [9.17, 15) is 4.39 Å². The summed E-state index contributed by atoms with van der Waals surface area (Å²) >= 11 is 12.4. The summed E-state index contributed by atoms with van der Waals surface area (Å²) in [5.41, 5.74) is 2.64. The molecule has 2 aliphatic rings. The highest BCUT2D eigenvalue weighted by Crippen LogP contribution is 2.50. The van der Waals surface area contributed by atoms with Gasteiger partial charge in [0.25, 0.3) is 0 Å². The number of nitrogens with zero attached hydrogens (tertiary/aromatic N) is 1. The molecule has 1 aliphatic heterocycles. The molecule has 2 aromatic carbocycles. The van der Waals surface area contributed by atoms with Crippen molar-refractivity contribution in [3.63, 3.8) is 0 Å². The summed E-state index contributed by atoms with van der Waals surface area (Å²) in [7, 11) is 0. The van der Waals surface area contributed by atoms with Crippen LogP contribution in [0.1, 0.15) is 43.7 Å². The summed E-state index contributed by atoms with van der Waals surface area (Å²) in [5.74, 6) is 1.69. The van der Waals surface area contributed by atoms with E-state index in [2.05, 4.69) is 24.8 Å². The van der Waals surface area contributed by atoms with Crippen molar-refractivity contribution in [1.82, 2.24) is 4.90 Å². The van der Waals surface area contributed by atoms with Gasteiger partial charge in [0.15, 0.2) is 0 Å². The highest BCUT2D eigenvalue weighted by atomic mass is 35.5. The van der Waals surface area contributed by atoms with Crippen LogP contribution >= 0.6 is 23.2 Å². The average molecular weight is 406 g/mol. The minimum absolute atomic E-state index is 0.151. The summed E-state index contributed by atoms with van der Waals surface area (Å²) in [6, 6.07) is 12.9. The zero-order valence-corrected chi connectivity index (χ0v) is 17.4. The minimum atomic E-state index is -0.151. The van der Waals surface area contributed by atoms with Crippen LogP contribution in [0.2, 0.25) is 10.0 Å². The summed E-state index contributed by atoms with van der Waals surface area (Å²) in [4.78, 5) is 2.59. The van der Waals surface area contributed by atoms with Gasteiger partial charge in [-0.3, -0.25) is 0 Å². The molecule has 0 N–H and O–H groups in total. The smallest absolute Gasteiger partial charge is 0.123 e. The quantitative estimate of drug-likeness (QED) is 0.558. The Kier molecular flexibility index (Phi) is 5.26. The molecule has 0 aromatic heterocycles. The van der Waals surface area contributed by atoms with E-state index in [-0.39, 0.29) is 11.2 Å². The van der Waals surface area contributed by atoms with E-state index in [0.29, 0.717) is 10.9 Å². The van der Waals surface area contributed by atoms with Gasteiger partial charge in [-0.05, 0) is 71.4 Å². The fourth-order valence-corrected chi connectivity index (χ4v) is 5.96. The predicted molar refractivity (Wildman–Crippen MR) is 111 cm³/mol. The largest absolute Gasteiger partial charge is 0.302 e. The summed E-state index contributed by atoms with van der Waals surface area (Å²) in [5, 5.41) is 1.45. The lowest BCUT2D eigenvalue weighted by Crippen LogP contribution is -2.29. The van der Waals surface area contributed by atoms with Crippen LogP contribution in [-0.4, -0.2) is 24.5 Å². The SMILES string of the molecule is CC(CN1C[C@@H]2CC(C)(c3ccc(F)cc3)C[C@@H]2C1)c1ccc(Cl)cc1Cl. The number of likely N-dealkylation sites (tertiary alicyclic amines) is 1. The van der Waals surface area contributed by atoms with E-state index in [1.807, 2.05) is 24.3 Å². The van der Waals surface area contributed by atoms with Crippen LogP contribution in [0, 0.1) is 17.7 Å². The second kappa shape index (κ2) is 7.39. The Balaban J connectivity index is 1.39. The van der Waals surface area contributed by atoms with Crippen molar-refractivity contribution >= 4 is 23.2 Å². The maximum Gasteiger partial charge on any atom is 0.123 e. The van der Waals surface area contributed by atoms with E-state index in [0.717, 1.165) is 36.5 Å². The second-order valence-electron chi connectivity index (χ2n) is 8.78. The second-order valence-corrected chi connectivity index (χ2v) is 9.63. The van der Waals surface area contributed by atoms with Crippen LogP contribution in [0.5, 0.6) is 0 Å². The molecule has 4 rings (SSSR count). The van der Waals surface area contributed by atoms with Crippen molar-refractivity contribution in [3.05, 3.63) is 69.5 Å². The molecule has 2 unspecified atom stereocenters. The first-order chi connectivity index (χ1) is 12.8. The third kappa shape index (κ3) is 3.90. The summed E-state index contributed by atoms with van der Waals surface area (Å²) in [6.07, 6.45) is 2.38. The third-order valence-corrected chi connectivity index (χ3v) is 7.21. The van der Waals surface area contributed by atoms with Gasteiger partial charge in [0.1, 0.15) is 5.82 Å². The molecule has 0 radical (unpaired) electrons. The molecule has 4 heteroatoms. The van der Waals surface area contributed by atoms with E-state index in [1.165, 1.54) is 24.0 Å². The number of benzene rings is 2. The van der Waals surface area contributed by atoms with Crippen molar-refractivity contribution in [3.8, 4) is 0 Å². The topological polar surface area (TPSA) is 3.24 Å². The van der Waals surface area contributed by atoms with E-state index < -0.39 is 0 Å². The van der Waals surface area contributed by atoms with Crippen molar-refractivity contribution in [2.24, 2.45) is 11.8 Å². The molecular weight excluding hydrogens is 380 g/mol. The molecule has 1 heterocycles. The van der Waals surface area contributed by atoms with Crippen LogP contribution in [0.3, 0.4) is 0 Å². The Bertz CT molecular complexity index is 806. The first-order valence-electron chi connectivity index (χ1n) is 9.77. The normalized spacial score (nSPS) is 29.1. The zero-order valence-electron chi connectivity index (χ0n) is 15.9. The molecule has 27 heavy (non-hydrogen) atoms. The Morgan fingerprint density at radius 2 is 1.70 bits per heavy atom. The fourth-order valence-electron chi connectivity index (χ4n) is 5.36. The van der Waals surface area contributed by atoms with Crippen LogP contribution < -0.4 is 0 Å². The van der Waals surface area contributed by atoms with Gasteiger partial charge >= 0.3 is 0 Å². The number of halogens is 3. The fraction of sp³-hybridized carbons (Fsp3) is 0.478. The highest BCUT2D eigenvalue weighted by Gasteiger charge is 2.47. The molecule has 0 amide bonds. The number of hydrogen-bond acceptors (Lipinski definition) is 1. The van der Waals surface area contributed by atoms with Crippen molar-refractivity contribution < 1.29 is 4.39 Å². The summed E-state index contributed by atoms with van der Waals surface area (Å²) in [6.45, 7) is 7.92. The molecule has 1 aliphatic carbocycles. The lowest BCUT2D eigenvalue weighted by Gasteiger charge is -2.29. The molecule has 0 spiro atoms. The van der Waals surface area contributed by atoms with Gasteiger partial charge in [-0.25, -0.2) is 4.39 Å².